The monoisotopic (exact) mass is 251 g/mol. The van der Waals surface area contributed by atoms with Crippen molar-refractivity contribution in [3.8, 4) is 5.75 Å². The van der Waals surface area contributed by atoms with E-state index in [1.54, 1.807) is 0 Å². The Hall–Kier alpha value is -1.06. The number of hydrogen-bond donors (Lipinski definition) is 1. The van der Waals surface area contributed by atoms with E-state index >= 15 is 0 Å². The maximum absolute atomic E-state index is 5.70. The number of benzene rings is 1. The van der Waals surface area contributed by atoms with Crippen LogP contribution >= 0.6 is 0 Å². The number of para-hydroxylation sites is 1. The van der Waals surface area contributed by atoms with E-state index < -0.39 is 0 Å². The second-order valence-electron chi connectivity index (χ2n) is 4.81. The van der Waals surface area contributed by atoms with Crippen molar-refractivity contribution in [2.45, 2.75) is 33.2 Å². The smallest absolute Gasteiger partial charge is 0.123 e. The summed E-state index contributed by atoms with van der Waals surface area (Å²) >= 11 is 0. The fourth-order valence-electron chi connectivity index (χ4n) is 1.58. The number of rotatable bonds is 9. The van der Waals surface area contributed by atoms with E-state index in [0.29, 0.717) is 19.1 Å². The predicted molar refractivity (Wildman–Crippen MR) is 74.7 cm³/mol. The Balaban J connectivity index is 2.10. The number of nitrogens with two attached hydrogens (primary N) is 1. The third kappa shape index (κ3) is 6.03. The van der Waals surface area contributed by atoms with E-state index in [1.165, 1.54) is 0 Å². The second kappa shape index (κ2) is 8.95. The first kappa shape index (κ1) is 15.0. The third-order valence-corrected chi connectivity index (χ3v) is 2.72. The normalized spacial score (nSPS) is 10.9. The van der Waals surface area contributed by atoms with Gasteiger partial charge in [0, 0.05) is 31.7 Å². The van der Waals surface area contributed by atoms with Gasteiger partial charge in [0.15, 0.2) is 0 Å². The van der Waals surface area contributed by atoms with Gasteiger partial charge in [0.1, 0.15) is 5.75 Å². The lowest BCUT2D eigenvalue weighted by molar-refractivity contribution is 0.110. The van der Waals surface area contributed by atoms with Crippen molar-refractivity contribution in [3.63, 3.8) is 0 Å². The van der Waals surface area contributed by atoms with Gasteiger partial charge in [-0.3, -0.25) is 0 Å². The van der Waals surface area contributed by atoms with Crippen LogP contribution in [0.3, 0.4) is 0 Å². The van der Waals surface area contributed by atoms with Crippen LogP contribution in [0.25, 0.3) is 0 Å². The van der Waals surface area contributed by atoms with Crippen molar-refractivity contribution in [1.82, 2.24) is 0 Å². The Bertz CT molecular complexity index is 326. The van der Waals surface area contributed by atoms with Crippen LogP contribution in [-0.2, 0) is 11.3 Å². The van der Waals surface area contributed by atoms with Crippen molar-refractivity contribution < 1.29 is 9.47 Å². The van der Waals surface area contributed by atoms with Gasteiger partial charge in [0.2, 0.25) is 0 Å². The first-order valence-electron chi connectivity index (χ1n) is 6.72. The van der Waals surface area contributed by atoms with Gasteiger partial charge in [-0.25, -0.2) is 0 Å². The lowest BCUT2D eigenvalue weighted by Gasteiger charge is -2.10. The summed E-state index contributed by atoms with van der Waals surface area (Å²) in [5.74, 6) is 1.60. The average Bonchev–Trinajstić information content (AvgIpc) is 2.37. The van der Waals surface area contributed by atoms with Crippen molar-refractivity contribution in [2.75, 3.05) is 19.8 Å². The van der Waals surface area contributed by atoms with Crippen LogP contribution in [0, 0.1) is 5.92 Å². The SMILES string of the molecule is CC(C)CCOCCCOc1ccccc1CN. The Morgan fingerprint density at radius 3 is 2.61 bits per heavy atom. The molecule has 0 atom stereocenters. The molecule has 0 unspecified atom stereocenters. The molecule has 1 aromatic rings. The van der Waals surface area contributed by atoms with E-state index in [1.807, 2.05) is 24.3 Å². The molecule has 18 heavy (non-hydrogen) atoms. The summed E-state index contributed by atoms with van der Waals surface area (Å²) in [4.78, 5) is 0. The molecule has 0 radical (unpaired) electrons. The molecule has 2 N–H and O–H groups in total. The molecule has 0 bridgehead atoms. The molecule has 0 aliphatic carbocycles. The van der Waals surface area contributed by atoms with Gasteiger partial charge in [-0.15, -0.1) is 0 Å². The summed E-state index contributed by atoms with van der Waals surface area (Å²) in [7, 11) is 0. The second-order valence-corrected chi connectivity index (χ2v) is 4.81. The van der Waals surface area contributed by atoms with E-state index in [9.17, 15) is 0 Å². The van der Waals surface area contributed by atoms with Crippen LogP contribution in [0.1, 0.15) is 32.3 Å². The zero-order valence-electron chi connectivity index (χ0n) is 11.5. The molecule has 0 heterocycles. The van der Waals surface area contributed by atoms with Crippen LogP contribution in [0.2, 0.25) is 0 Å². The molecule has 1 aromatic carbocycles. The Morgan fingerprint density at radius 1 is 1.11 bits per heavy atom. The van der Waals surface area contributed by atoms with Gasteiger partial charge in [0.05, 0.1) is 6.61 Å². The zero-order valence-corrected chi connectivity index (χ0v) is 11.5. The molecule has 0 amide bonds. The molecule has 0 saturated carbocycles. The van der Waals surface area contributed by atoms with Crippen LogP contribution in [0.5, 0.6) is 5.75 Å². The molecule has 3 nitrogen and oxygen atoms in total. The molecule has 3 heteroatoms. The first-order valence-corrected chi connectivity index (χ1v) is 6.72. The minimum Gasteiger partial charge on any atom is -0.493 e. The Labute approximate surface area is 110 Å². The highest BCUT2D eigenvalue weighted by Crippen LogP contribution is 2.17. The van der Waals surface area contributed by atoms with Crippen LogP contribution in [0.4, 0.5) is 0 Å². The van der Waals surface area contributed by atoms with Crippen LogP contribution < -0.4 is 10.5 Å². The molecule has 0 aromatic heterocycles. The highest BCUT2D eigenvalue weighted by atomic mass is 16.5. The quantitative estimate of drug-likeness (QED) is 0.686. The van der Waals surface area contributed by atoms with Crippen molar-refractivity contribution >= 4 is 0 Å². The topological polar surface area (TPSA) is 44.5 Å². The summed E-state index contributed by atoms with van der Waals surface area (Å²) < 4.78 is 11.2. The van der Waals surface area contributed by atoms with Gasteiger partial charge < -0.3 is 15.2 Å². The van der Waals surface area contributed by atoms with Crippen molar-refractivity contribution in [3.05, 3.63) is 29.8 Å². The van der Waals surface area contributed by atoms with Crippen LogP contribution in [0.15, 0.2) is 24.3 Å². The molecule has 1 rings (SSSR count). The molecule has 102 valence electrons. The van der Waals surface area contributed by atoms with E-state index in [-0.39, 0.29) is 0 Å². The Kier molecular flexibility index (Phi) is 7.46. The summed E-state index contributed by atoms with van der Waals surface area (Å²) in [5.41, 5.74) is 6.70. The zero-order chi connectivity index (χ0) is 13.2. The third-order valence-electron chi connectivity index (χ3n) is 2.72. The molecule has 0 aliphatic rings. The molecule has 0 fully saturated rings. The largest absolute Gasteiger partial charge is 0.493 e. The minimum atomic E-state index is 0.515. The summed E-state index contributed by atoms with van der Waals surface area (Å²) in [5, 5.41) is 0. The van der Waals surface area contributed by atoms with Gasteiger partial charge in [-0.05, 0) is 18.4 Å². The molecular weight excluding hydrogens is 226 g/mol. The lowest BCUT2D eigenvalue weighted by Crippen LogP contribution is -2.07. The van der Waals surface area contributed by atoms with Crippen LogP contribution in [-0.4, -0.2) is 19.8 Å². The van der Waals surface area contributed by atoms with E-state index in [0.717, 1.165) is 37.4 Å². The number of ether oxygens (including phenoxy) is 2. The summed E-state index contributed by atoms with van der Waals surface area (Å²) in [6, 6.07) is 7.90. The standard InChI is InChI=1S/C15H25NO2/c1-13(2)8-11-17-9-5-10-18-15-7-4-3-6-14(15)12-16/h3-4,6-7,13H,5,8-12,16H2,1-2H3. The van der Waals surface area contributed by atoms with Gasteiger partial charge in [-0.1, -0.05) is 32.0 Å². The number of hydrogen-bond acceptors (Lipinski definition) is 3. The van der Waals surface area contributed by atoms with E-state index in [4.69, 9.17) is 15.2 Å². The fraction of sp³-hybridized carbons (Fsp3) is 0.600. The van der Waals surface area contributed by atoms with Crippen molar-refractivity contribution in [2.24, 2.45) is 11.7 Å². The fourth-order valence-corrected chi connectivity index (χ4v) is 1.58. The van der Waals surface area contributed by atoms with Gasteiger partial charge in [0.25, 0.3) is 0 Å². The van der Waals surface area contributed by atoms with E-state index in [2.05, 4.69) is 13.8 Å². The molecule has 0 saturated heterocycles. The molecular formula is C15H25NO2. The summed E-state index contributed by atoms with van der Waals surface area (Å²) in [6.07, 6.45) is 2.04. The predicted octanol–water partition coefficient (Wildman–Crippen LogP) is 2.98. The first-order chi connectivity index (χ1) is 8.74. The highest BCUT2D eigenvalue weighted by molar-refractivity contribution is 5.32. The van der Waals surface area contributed by atoms with Gasteiger partial charge in [-0.2, -0.15) is 0 Å². The Morgan fingerprint density at radius 2 is 1.89 bits per heavy atom. The maximum atomic E-state index is 5.70. The average molecular weight is 251 g/mol. The molecule has 0 spiro atoms. The van der Waals surface area contributed by atoms with Crippen molar-refractivity contribution in [1.29, 1.82) is 0 Å². The summed E-state index contributed by atoms with van der Waals surface area (Å²) in [6.45, 7) is 7.21. The lowest BCUT2D eigenvalue weighted by atomic mass is 10.1. The minimum absolute atomic E-state index is 0.515. The molecule has 0 aliphatic heterocycles. The highest BCUT2D eigenvalue weighted by Gasteiger charge is 2.00. The maximum Gasteiger partial charge on any atom is 0.123 e. The van der Waals surface area contributed by atoms with Gasteiger partial charge >= 0.3 is 0 Å².